The number of hydrogen-bond acceptors (Lipinski definition) is 5. The maximum atomic E-state index is 13.4. The van der Waals surface area contributed by atoms with Crippen LogP contribution in [-0.2, 0) is 28.9 Å². The Morgan fingerprint density at radius 2 is 1.77 bits per heavy atom. The zero-order chi connectivity index (χ0) is 24.5. The molecule has 3 heterocycles. The number of para-hydroxylation sites is 1. The summed E-state index contributed by atoms with van der Waals surface area (Å²) in [6.45, 7) is 6.78. The molecule has 1 aromatic carbocycles. The van der Waals surface area contributed by atoms with Gasteiger partial charge in [0, 0.05) is 37.4 Å². The second-order valence-corrected chi connectivity index (χ2v) is 10.1. The smallest absolute Gasteiger partial charge is 0.274 e. The Bertz CT molecular complexity index is 1080. The number of piperidine rings is 1. The van der Waals surface area contributed by atoms with Gasteiger partial charge in [0.2, 0.25) is 5.91 Å². The van der Waals surface area contributed by atoms with E-state index < -0.39 is 0 Å². The lowest BCUT2D eigenvalue weighted by molar-refractivity contribution is -0.133. The van der Waals surface area contributed by atoms with Crippen LogP contribution in [0.15, 0.2) is 24.3 Å². The highest BCUT2D eigenvalue weighted by Gasteiger charge is 2.34. The number of nitrogens with zero attached hydrogens (tertiary/aromatic N) is 4. The predicted octanol–water partition coefficient (Wildman–Crippen LogP) is 3.04. The number of carbonyl (C=O) groups is 2. The number of benzene rings is 1. The fourth-order valence-electron chi connectivity index (χ4n) is 5.98. The number of ether oxygens (including phenoxy) is 2. The Balaban J connectivity index is 1.25. The van der Waals surface area contributed by atoms with Gasteiger partial charge in [-0.05, 0) is 63.5 Å². The van der Waals surface area contributed by atoms with E-state index in [1.807, 2.05) is 41.8 Å². The summed E-state index contributed by atoms with van der Waals surface area (Å²) in [5, 5.41) is 4.70. The Morgan fingerprint density at radius 3 is 2.49 bits per heavy atom. The van der Waals surface area contributed by atoms with Gasteiger partial charge in [0.1, 0.15) is 12.3 Å². The minimum atomic E-state index is -0.0334. The minimum Gasteiger partial charge on any atom is -0.496 e. The SMILES string of the molecule is COc1ccccc1C1CCN(C(=O)Cn2nc(C(=O)N3C[C@@H](C)O[C@@H](C)C3)c3c2CCC3)CC1. The number of amides is 2. The zero-order valence-electron chi connectivity index (χ0n) is 21.0. The molecule has 2 atom stereocenters. The van der Waals surface area contributed by atoms with Crippen LogP contribution < -0.4 is 4.74 Å². The molecule has 0 unspecified atom stereocenters. The molecule has 2 amide bonds. The van der Waals surface area contributed by atoms with E-state index in [0.29, 0.717) is 24.7 Å². The molecule has 8 heteroatoms. The van der Waals surface area contributed by atoms with Crippen molar-refractivity contribution in [1.82, 2.24) is 19.6 Å². The standard InChI is InChI=1S/C27H36N4O4/c1-18-15-30(16-19(2)35-18)27(33)26-22-8-6-9-23(22)31(28-26)17-25(32)29-13-11-20(12-14-29)21-7-4-5-10-24(21)34-3/h4-5,7,10,18-20H,6,8-9,11-17H2,1-3H3/t18-,19+. The van der Waals surface area contributed by atoms with Crippen LogP contribution >= 0.6 is 0 Å². The van der Waals surface area contributed by atoms with E-state index in [-0.39, 0.29) is 30.6 Å². The van der Waals surface area contributed by atoms with Gasteiger partial charge >= 0.3 is 0 Å². The van der Waals surface area contributed by atoms with E-state index in [0.717, 1.165) is 62.2 Å². The van der Waals surface area contributed by atoms with Gasteiger partial charge in [0.05, 0.1) is 19.3 Å². The second-order valence-electron chi connectivity index (χ2n) is 10.1. The van der Waals surface area contributed by atoms with Crippen molar-refractivity contribution in [3.05, 3.63) is 46.8 Å². The van der Waals surface area contributed by atoms with Gasteiger partial charge in [-0.25, -0.2) is 0 Å². The first-order valence-electron chi connectivity index (χ1n) is 12.9. The fourth-order valence-corrected chi connectivity index (χ4v) is 5.98. The van der Waals surface area contributed by atoms with E-state index in [1.54, 1.807) is 11.8 Å². The molecule has 5 rings (SSSR count). The van der Waals surface area contributed by atoms with E-state index >= 15 is 0 Å². The molecular formula is C27H36N4O4. The van der Waals surface area contributed by atoms with Gasteiger partial charge in [0.25, 0.3) is 5.91 Å². The molecule has 0 radical (unpaired) electrons. The van der Waals surface area contributed by atoms with Crippen molar-refractivity contribution in [1.29, 1.82) is 0 Å². The molecule has 8 nitrogen and oxygen atoms in total. The molecule has 1 aliphatic carbocycles. The van der Waals surface area contributed by atoms with Crippen molar-refractivity contribution in [2.75, 3.05) is 33.3 Å². The summed E-state index contributed by atoms with van der Waals surface area (Å²) in [7, 11) is 1.71. The fraction of sp³-hybridized carbons (Fsp3) is 0.593. The molecule has 35 heavy (non-hydrogen) atoms. The number of likely N-dealkylation sites (tertiary alicyclic amines) is 1. The number of aromatic nitrogens is 2. The molecule has 2 fully saturated rings. The summed E-state index contributed by atoms with van der Waals surface area (Å²) in [4.78, 5) is 30.4. The van der Waals surface area contributed by atoms with Crippen molar-refractivity contribution in [2.24, 2.45) is 0 Å². The highest BCUT2D eigenvalue weighted by atomic mass is 16.5. The normalized spacial score (nSPS) is 22.8. The quantitative estimate of drug-likeness (QED) is 0.658. The average Bonchev–Trinajstić information content (AvgIpc) is 3.47. The van der Waals surface area contributed by atoms with Crippen LogP contribution in [0.2, 0.25) is 0 Å². The predicted molar refractivity (Wildman–Crippen MR) is 132 cm³/mol. The summed E-state index contributed by atoms with van der Waals surface area (Å²) in [6, 6.07) is 8.16. The maximum absolute atomic E-state index is 13.4. The first kappa shape index (κ1) is 23.9. The summed E-state index contributed by atoms with van der Waals surface area (Å²) in [6.07, 6.45) is 4.58. The lowest BCUT2D eigenvalue weighted by Crippen LogP contribution is -2.48. The highest BCUT2D eigenvalue weighted by molar-refractivity contribution is 5.94. The van der Waals surface area contributed by atoms with Gasteiger partial charge in [-0.2, -0.15) is 5.10 Å². The topological polar surface area (TPSA) is 76.9 Å². The maximum Gasteiger partial charge on any atom is 0.274 e. The average molecular weight is 481 g/mol. The van der Waals surface area contributed by atoms with Crippen molar-refractivity contribution < 1.29 is 19.1 Å². The van der Waals surface area contributed by atoms with Crippen molar-refractivity contribution in [3.8, 4) is 5.75 Å². The number of methoxy groups -OCH3 is 1. The van der Waals surface area contributed by atoms with Gasteiger partial charge in [-0.3, -0.25) is 14.3 Å². The van der Waals surface area contributed by atoms with Crippen LogP contribution in [0.4, 0.5) is 0 Å². The molecule has 2 aliphatic heterocycles. The van der Waals surface area contributed by atoms with E-state index in [1.165, 1.54) is 5.56 Å². The number of rotatable bonds is 5. The summed E-state index contributed by atoms with van der Waals surface area (Å²) >= 11 is 0. The highest BCUT2D eigenvalue weighted by Crippen LogP contribution is 2.34. The third-order valence-electron chi connectivity index (χ3n) is 7.63. The number of morpholine rings is 1. The number of carbonyl (C=O) groups excluding carboxylic acids is 2. The molecule has 188 valence electrons. The van der Waals surface area contributed by atoms with Gasteiger partial charge in [0.15, 0.2) is 5.69 Å². The molecule has 0 spiro atoms. The van der Waals surface area contributed by atoms with E-state index in [2.05, 4.69) is 6.07 Å². The minimum absolute atomic E-state index is 0.0122. The summed E-state index contributed by atoms with van der Waals surface area (Å²) in [5.74, 6) is 1.36. The van der Waals surface area contributed by atoms with Crippen molar-refractivity contribution >= 4 is 11.8 Å². The van der Waals surface area contributed by atoms with Crippen LogP contribution in [0.5, 0.6) is 5.75 Å². The first-order chi connectivity index (χ1) is 16.9. The summed E-state index contributed by atoms with van der Waals surface area (Å²) < 4.78 is 13.1. The largest absolute Gasteiger partial charge is 0.496 e. The van der Waals surface area contributed by atoms with Crippen LogP contribution in [0.25, 0.3) is 0 Å². The molecule has 1 aromatic heterocycles. The number of fused-ring (bicyclic) bond motifs is 1. The van der Waals surface area contributed by atoms with Crippen LogP contribution in [0.3, 0.4) is 0 Å². The second kappa shape index (κ2) is 10.0. The Morgan fingerprint density at radius 1 is 1.06 bits per heavy atom. The third-order valence-corrected chi connectivity index (χ3v) is 7.63. The molecule has 0 N–H and O–H groups in total. The van der Waals surface area contributed by atoms with Crippen LogP contribution in [0, 0.1) is 0 Å². The Hall–Kier alpha value is -2.87. The molecule has 0 bridgehead atoms. The van der Waals surface area contributed by atoms with E-state index in [4.69, 9.17) is 14.6 Å². The molecule has 2 saturated heterocycles. The molecular weight excluding hydrogens is 444 g/mol. The Kier molecular flexibility index (Phi) is 6.82. The van der Waals surface area contributed by atoms with Crippen LogP contribution in [-0.4, -0.2) is 76.9 Å². The lowest BCUT2D eigenvalue weighted by atomic mass is 9.89. The number of hydrogen-bond donors (Lipinski definition) is 0. The lowest BCUT2D eigenvalue weighted by Gasteiger charge is -2.35. The molecule has 2 aromatic rings. The third kappa shape index (κ3) is 4.81. The first-order valence-corrected chi connectivity index (χ1v) is 12.9. The van der Waals surface area contributed by atoms with Crippen LogP contribution in [0.1, 0.15) is 66.3 Å². The zero-order valence-corrected chi connectivity index (χ0v) is 21.0. The van der Waals surface area contributed by atoms with Crippen molar-refractivity contribution in [3.63, 3.8) is 0 Å². The molecule has 3 aliphatic rings. The van der Waals surface area contributed by atoms with Gasteiger partial charge < -0.3 is 19.3 Å². The van der Waals surface area contributed by atoms with Gasteiger partial charge in [-0.15, -0.1) is 0 Å². The Labute approximate surface area is 207 Å². The van der Waals surface area contributed by atoms with E-state index in [9.17, 15) is 9.59 Å². The monoisotopic (exact) mass is 480 g/mol. The van der Waals surface area contributed by atoms with Crippen molar-refractivity contribution in [2.45, 2.75) is 70.6 Å². The molecule has 0 saturated carbocycles. The van der Waals surface area contributed by atoms with Gasteiger partial charge in [-0.1, -0.05) is 18.2 Å². The summed E-state index contributed by atoms with van der Waals surface area (Å²) in [5.41, 5.74) is 3.84.